The molecule has 3 heterocycles. The molecule has 0 radical (unpaired) electrons. The monoisotopic (exact) mass is 345 g/mol. The van der Waals surface area contributed by atoms with Crippen molar-refractivity contribution in [2.24, 2.45) is 0 Å². The molecular formula is C18H27N5O2. The van der Waals surface area contributed by atoms with E-state index in [1.807, 2.05) is 40.2 Å². The maximum Gasteiger partial charge on any atom is 0.410 e. The Balaban J connectivity index is 1.63. The third kappa shape index (κ3) is 4.28. The first-order valence-corrected chi connectivity index (χ1v) is 8.77. The van der Waals surface area contributed by atoms with E-state index in [1.165, 1.54) is 0 Å². The van der Waals surface area contributed by atoms with Crippen molar-refractivity contribution >= 4 is 11.7 Å². The molecule has 0 N–H and O–H groups in total. The fraction of sp³-hybridized carbons (Fsp3) is 0.611. The van der Waals surface area contributed by atoms with Crippen molar-refractivity contribution in [2.75, 3.05) is 20.1 Å². The van der Waals surface area contributed by atoms with Gasteiger partial charge in [0.2, 0.25) is 0 Å². The van der Waals surface area contributed by atoms with Crippen molar-refractivity contribution in [3.63, 3.8) is 0 Å². The largest absolute Gasteiger partial charge is 0.444 e. The zero-order valence-electron chi connectivity index (χ0n) is 15.5. The van der Waals surface area contributed by atoms with Gasteiger partial charge in [0.1, 0.15) is 5.60 Å². The topological polar surface area (TPSA) is 63.0 Å². The lowest BCUT2D eigenvalue weighted by Crippen LogP contribution is -2.43. The molecule has 1 aliphatic heterocycles. The molecule has 1 saturated heterocycles. The summed E-state index contributed by atoms with van der Waals surface area (Å²) < 4.78 is 7.53. The molecule has 1 aliphatic rings. The molecule has 2 aromatic heterocycles. The van der Waals surface area contributed by atoms with Crippen LogP contribution in [0.5, 0.6) is 0 Å². The SMILES string of the molecule is CN(C[C@H]1CCCN1Cc1cnc2cnccn12)C(=O)OC(C)(C)C. The van der Waals surface area contributed by atoms with E-state index in [4.69, 9.17) is 4.74 Å². The Labute approximate surface area is 148 Å². The summed E-state index contributed by atoms with van der Waals surface area (Å²) in [5.41, 5.74) is 1.54. The van der Waals surface area contributed by atoms with Crippen molar-refractivity contribution in [1.29, 1.82) is 0 Å². The highest BCUT2D eigenvalue weighted by Gasteiger charge is 2.29. The van der Waals surface area contributed by atoms with Gasteiger partial charge in [0.05, 0.1) is 18.1 Å². The van der Waals surface area contributed by atoms with Crippen LogP contribution in [0.2, 0.25) is 0 Å². The first-order chi connectivity index (χ1) is 11.8. The van der Waals surface area contributed by atoms with Gasteiger partial charge in [-0.25, -0.2) is 9.78 Å². The van der Waals surface area contributed by atoms with E-state index >= 15 is 0 Å². The zero-order valence-corrected chi connectivity index (χ0v) is 15.5. The number of likely N-dealkylation sites (N-methyl/N-ethyl adjacent to an activating group) is 1. The van der Waals surface area contributed by atoms with E-state index < -0.39 is 5.60 Å². The molecule has 0 aliphatic carbocycles. The van der Waals surface area contributed by atoms with Gasteiger partial charge in [0, 0.05) is 38.6 Å². The average Bonchev–Trinajstić information content (AvgIpc) is 3.14. The maximum absolute atomic E-state index is 12.2. The van der Waals surface area contributed by atoms with Crippen LogP contribution in [0.4, 0.5) is 4.79 Å². The number of hydrogen-bond donors (Lipinski definition) is 0. The van der Waals surface area contributed by atoms with Crippen LogP contribution in [-0.4, -0.2) is 62.0 Å². The molecule has 1 fully saturated rings. The molecule has 1 atom stereocenters. The number of amides is 1. The Morgan fingerprint density at radius 2 is 2.20 bits per heavy atom. The summed E-state index contributed by atoms with van der Waals surface area (Å²) in [6.45, 7) is 8.19. The van der Waals surface area contributed by atoms with Gasteiger partial charge >= 0.3 is 6.09 Å². The Morgan fingerprint density at radius 1 is 1.40 bits per heavy atom. The van der Waals surface area contributed by atoms with Gasteiger partial charge in [-0.2, -0.15) is 0 Å². The van der Waals surface area contributed by atoms with Crippen molar-refractivity contribution < 1.29 is 9.53 Å². The lowest BCUT2D eigenvalue weighted by Gasteiger charge is -2.30. The third-order valence-electron chi connectivity index (χ3n) is 4.45. The minimum atomic E-state index is -0.467. The second kappa shape index (κ2) is 7.00. The number of carbonyl (C=O) groups excluding carboxylic acids is 1. The fourth-order valence-corrected chi connectivity index (χ4v) is 3.26. The normalized spacial score (nSPS) is 18.6. The van der Waals surface area contributed by atoms with E-state index in [9.17, 15) is 4.79 Å². The predicted molar refractivity (Wildman–Crippen MR) is 95.3 cm³/mol. The van der Waals surface area contributed by atoms with Crippen LogP contribution in [0.1, 0.15) is 39.3 Å². The van der Waals surface area contributed by atoms with Crippen LogP contribution in [0, 0.1) is 0 Å². The van der Waals surface area contributed by atoms with E-state index in [0.29, 0.717) is 12.6 Å². The molecule has 0 aromatic carbocycles. The Bertz CT molecular complexity index is 736. The number of nitrogens with zero attached hydrogens (tertiary/aromatic N) is 5. The summed E-state index contributed by atoms with van der Waals surface area (Å²) in [6.07, 6.45) is 9.35. The van der Waals surface area contributed by atoms with E-state index in [0.717, 1.165) is 37.3 Å². The molecule has 2 aromatic rings. The quantitative estimate of drug-likeness (QED) is 0.852. The van der Waals surface area contributed by atoms with Crippen molar-refractivity contribution in [1.82, 2.24) is 24.2 Å². The first kappa shape index (κ1) is 17.7. The van der Waals surface area contributed by atoms with E-state index in [1.54, 1.807) is 17.3 Å². The van der Waals surface area contributed by atoms with Gasteiger partial charge in [0.15, 0.2) is 5.65 Å². The Morgan fingerprint density at radius 3 is 2.96 bits per heavy atom. The maximum atomic E-state index is 12.2. The molecule has 0 unspecified atom stereocenters. The molecule has 136 valence electrons. The number of hydrogen-bond acceptors (Lipinski definition) is 5. The van der Waals surface area contributed by atoms with Crippen molar-refractivity contribution in [2.45, 2.75) is 51.8 Å². The highest BCUT2D eigenvalue weighted by molar-refractivity contribution is 5.67. The lowest BCUT2D eigenvalue weighted by molar-refractivity contribution is 0.0256. The van der Waals surface area contributed by atoms with Gasteiger partial charge in [-0.1, -0.05) is 0 Å². The molecule has 0 saturated carbocycles. The number of carbonyl (C=O) groups is 1. The molecule has 25 heavy (non-hydrogen) atoms. The number of likely N-dealkylation sites (tertiary alicyclic amines) is 1. The summed E-state index contributed by atoms with van der Waals surface area (Å²) in [6, 6.07) is 0.338. The van der Waals surface area contributed by atoms with Gasteiger partial charge in [-0.05, 0) is 40.2 Å². The summed E-state index contributed by atoms with van der Waals surface area (Å²) in [4.78, 5) is 24.8. The van der Waals surface area contributed by atoms with Gasteiger partial charge in [-0.15, -0.1) is 0 Å². The second-order valence-corrected chi connectivity index (χ2v) is 7.68. The first-order valence-electron chi connectivity index (χ1n) is 8.77. The number of rotatable bonds is 4. The van der Waals surface area contributed by atoms with Crippen LogP contribution < -0.4 is 0 Å². The number of aromatic nitrogens is 3. The van der Waals surface area contributed by atoms with Crippen LogP contribution in [-0.2, 0) is 11.3 Å². The highest BCUT2D eigenvalue weighted by atomic mass is 16.6. The second-order valence-electron chi connectivity index (χ2n) is 7.68. The lowest BCUT2D eigenvalue weighted by atomic mass is 10.2. The third-order valence-corrected chi connectivity index (χ3v) is 4.45. The average molecular weight is 345 g/mol. The number of ether oxygens (including phenoxy) is 1. The molecule has 1 amide bonds. The molecule has 7 heteroatoms. The number of imidazole rings is 1. The van der Waals surface area contributed by atoms with E-state index in [2.05, 4.69) is 19.3 Å². The van der Waals surface area contributed by atoms with Crippen LogP contribution >= 0.6 is 0 Å². The summed E-state index contributed by atoms with van der Waals surface area (Å²) >= 11 is 0. The Kier molecular flexibility index (Phi) is 4.94. The molecule has 3 rings (SSSR count). The minimum Gasteiger partial charge on any atom is -0.444 e. The smallest absolute Gasteiger partial charge is 0.410 e. The van der Waals surface area contributed by atoms with Gasteiger partial charge in [-0.3, -0.25) is 14.3 Å². The van der Waals surface area contributed by atoms with Crippen LogP contribution in [0.25, 0.3) is 5.65 Å². The predicted octanol–water partition coefficient (Wildman–Crippen LogP) is 2.56. The molecular weight excluding hydrogens is 318 g/mol. The van der Waals surface area contributed by atoms with Gasteiger partial charge in [0.25, 0.3) is 0 Å². The number of fused-ring (bicyclic) bond motifs is 1. The van der Waals surface area contributed by atoms with Crippen molar-refractivity contribution in [3.05, 3.63) is 30.5 Å². The Hall–Kier alpha value is -2.15. The van der Waals surface area contributed by atoms with Crippen LogP contribution in [0.3, 0.4) is 0 Å². The fourth-order valence-electron chi connectivity index (χ4n) is 3.26. The summed E-state index contributed by atoms with van der Waals surface area (Å²) in [7, 11) is 1.81. The molecule has 7 nitrogen and oxygen atoms in total. The zero-order chi connectivity index (χ0) is 18.0. The van der Waals surface area contributed by atoms with E-state index in [-0.39, 0.29) is 6.09 Å². The van der Waals surface area contributed by atoms with Crippen molar-refractivity contribution in [3.8, 4) is 0 Å². The molecule has 0 bridgehead atoms. The van der Waals surface area contributed by atoms with Crippen LogP contribution in [0.15, 0.2) is 24.8 Å². The standard InChI is InChI=1S/C18H27N5O2/c1-18(2,3)25-17(24)21(4)12-14-6-5-8-22(14)13-15-10-20-16-11-19-7-9-23(15)16/h7,9-11,14H,5-6,8,12-13H2,1-4H3/t14-/m1/s1. The molecule has 0 spiro atoms. The van der Waals surface area contributed by atoms with Gasteiger partial charge < -0.3 is 9.64 Å². The summed E-state index contributed by atoms with van der Waals surface area (Å²) in [5.74, 6) is 0. The minimum absolute atomic E-state index is 0.264. The summed E-state index contributed by atoms with van der Waals surface area (Å²) in [5, 5.41) is 0. The highest BCUT2D eigenvalue weighted by Crippen LogP contribution is 2.22.